The zero-order chi connectivity index (χ0) is 17.1. The maximum atomic E-state index is 10.3. The van der Waals surface area contributed by atoms with Crippen LogP contribution in [-0.4, -0.2) is 39.2 Å². The van der Waals surface area contributed by atoms with Crippen LogP contribution in [-0.2, 0) is 6.54 Å². The van der Waals surface area contributed by atoms with Crippen molar-refractivity contribution in [2.75, 3.05) is 19.6 Å². The van der Waals surface area contributed by atoms with E-state index in [9.17, 15) is 5.11 Å². The maximum Gasteiger partial charge on any atom is 0.144 e. The van der Waals surface area contributed by atoms with Crippen LogP contribution in [0.25, 0.3) is 22.4 Å². The van der Waals surface area contributed by atoms with Crippen molar-refractivity contribution >= 4 is 11.0 Å². The van der Waals surface area contributed by atoms with Crippen LogP contribution in [0.1, 0.15) is 25.7 Å². The Morgan fingerprint density at radius 1 is 0.880 bits per heavy atom. The van der Waals surface area contributed by atoms with Gasteiger partial charge in [-0.2, -0.15) is 0 Å². The molecule has 0 spiro atoms. The molecule has 0 aliphatic carbocycles. The second-order valence-electron chi connectivity index (χ2n) is 6.85. The Morgan fingerprint density at radius 2 is 1.64 bits per heavy atom. The summed E-state index contributed by atoms with van der Waals surface area (Å²) in [4.78, 5) is 7.37. The number of piperidine rings is 1. The summed E-state index contributed by atoms with van der Waals surface area (Å²) in [7, 11) is 0. The number of nitrogens with zero attached hydrogens (tertiary/aromatic N) is 3. The third-order valence-electron chi connectivity index (χ3n) is 5.10. The van der Waals surface area contributed by atoms with Gasteiger partial charge >= 0.3 is 0 Å². The first-order chi connectivity index (χ1) is 12.3. The maximum absolute atomic E-state index is 10.3. The summed E-state index contributed by atoms with van der Waals surface area (Å²) in [6.45, 7) is 4.52. The molecule has 0 saturated carbocycles. The molecule has 1 aromatic heterocycles. The summed E-state index contributed by atoms with van der Waals surface area (Å²) in [5, 5.41) is 10.3. The van der Waals surface area contributed by atoms with Gasteiger partial charge in [-0.15, -0.1) is 0 Å². The van der Waals surface area contributed by atoms with Crippen molar-refractivity contribution in [2.24, 2.45) is 0 Å². The van der Waals surface area contributed by atoms with Crippen molar-refractivity contribution in [1.82, 2.24) is 14.5 Å². The van der Waals surface area contributed by atoms with Crippen molar-refractivity contribution in [3.05, 3.63) is 48.5 Å². The Labute approximate surface area is 148 Å². The number of fused-ring (bicyclic) bond motifs is 1. The molecule has 0 atom stereocenters. The van der Waals surface area contributed by atoms with Crippen molar-refractivity contribution < 1.29 is 5.11 Å². The van der Waals surface area contributed by atoms with Gasteiger partial charge in [-0.1, -0.05) is 30.7 Å². The Hall–Kier alpha value is -2.33. The van der Waals surface area contributed by atoms with E-state index < -0.39 is 0 Å². The fourth-order valence-corrected chi connectivity index (χ4v) is 3.81. The van der Waals surface area contributed by atoms with Gasteiger partial charge < -0.3 is 14.6 Å². The van der Waals surface area contributed by atoms with E-state index in [4.69, 9.17) is 4.98 Å². The fourth-order valence-electron chi connectivity index (χ4n) is 3.81. The molecule has 0 radical (unpaired) electrons. The van der Waals surface area contributed by atoms with Gasteiger partial charge in [-0.3, -0.25) is 0 Å². The Morgan fingerprint density at radius 3 is 2.48 bits per heavy atom. The van der Waals surface area contributed by atoms with E-state index in [1.165, 1.54) is 32.4 Å². The molecule has 4 rings (SSSR count). The van der Waals surface area contributed by atoms with E-state index in [2.05, 4.69) is 21.6 Å². The normalized spacial score (nSPS) is 15.7. The van der Waals surface area contributed by atoms with E-state index in [0.717, 1.165) is 41.9 Å². The highest BCUT2D eigenvalue weighted by molar-refractivity contribution is 5.81. The third kappa shape index (κ3) is 3.40. The second-order valence-corrected chi connectivity index (χ2v) is 6.85. The van der Waals surface area contributed by atoms with Gasteiger partial charge in [0, 0.05) is 6.54 Å². The molecule has 0 bridgehead atoms. The minimum Gasteiger partial charge on any atom is -0.507 e. The summed E-state index contributed by atoms with van der Waals surface area (Å²) in [5.41, 5.74) is 2.93. The van der Waals surface area contributed by atoms with Crippen LogP contribution in [0.15, 0.2) is 48.5 Å². The lowest BCUT2D eigenvalue weighted by atomic mass is 10.1. The van der Waals surface area contributed by atoms with E-state index in [-0.39, 0.29) is 5.75 Å². The second kappa shape index (κ2) is 7.28. The number of aromatic nitrogens is 2. The number of para-hydroxylation sites is 3. The van der Waals surface area contributed by atoms with E-state index in [1.54, 1.807) is 6.07 Å². The predicted octanol–water partition coefficient (Wildman–Crippen LogP) is 4.28. The van der Waals surface area contributed by atoms with Crippen LogP contribution in [0, 0.1) is 0 Å². The van der Waals surface area contributed by atoms with Gasteiger partial charge in [0.1, 0.15) is 11.6 Å². The zero-order valence-electron chi connectivity index (χ0n) is 14.6. The molecule has 1 fully saturated rings. The quantitative estimate of drug-likeness (QED) is 0.756. The van der Waals surface area contributed by atoms with Crippen LogP contribution in [0.2, 0.25) is 0 Å². The van der Waals surface area contributed by atoms with Gasteiger partial charge in [0.2, 0.25) is 0 Å². The van der Waals surface area contributed by atoms with Crippen molar-refractivity contribution in [3.63, 3.8) is 0 Å². The lowest BCUT2D eigenvalue weighted by molar-refractivity contribution is 0.223. The molecule has 2 aromatic carbocycles. The number of hydrogen-bond donors (Lipinski definition) is 1. The highest BCUT2D eigenvalue weighted by atomic mass is 16.3. The molecule has 25 heavy (non-hydrogen) atoms. The molecule has 1 aliphatic rings. The number of hydrogen-bond acceptors (Lipinski definition) is 3. The molecule has 2 heterocycles. The standard InChI is InChI=1S/C21H25N3O/c25-20-12-5-2-9-17(20)21-22-18-10-3-4-11-19(18)24(21)16-8-15-23-13-6-1-7-14-23/h2-5,9-12,25H,1,6-8,13-16H2. The Kier molecular flexibility index (Phi) is 4.70. The molecule has 1 saturated heterocycles. The topological polar surface area (TPSA) is 41.3 Å². The average Bonchev–Trinajstić information content (AvgIpc) is 3.02. The number of rotatable bonds is 5. The smallest absolute Gasteiger partial charge is 0.144 e. The number of likely N-dealkylation sites (tertiary alicyclic amines) is 1. The van der Waals surface area contributed by atoms with Gasteiger partial charge in [0.05, 0.1) is 16.6 Å². The fraction of sp³-hybridized carbons (Fsp3) is 0.381. The number of phenolic OH excluding ortho intramolecular Hbond substituents is 1. The van der Waals surface area contributed by atoms with Crippen LogP contribution in [0.3, 0.4) is 0 Å². The number of aromatic hydroxyl groups is 1. The van der Waals surface area contributed by atoms with Gasteiger partial charge in [-0.25, -0.2) is 4.98 Å². The number of phenols is 1. The first-order valence-electron chi connectivity index (χ1n) is 9.29. The summed E-state index contributed by atoms with van der Waals surface area (Å²) in [5.74, 6) is 1.15. The molecule has 1 N–H and O–H groups in total. The van der Waals surface area contributed by atoms with Crippen LogP contribution < -0.4 is 0 Å². The third-order valence-corrected chi connectivity index (χ3v) is 5.10. The minimum atomic E-state index is 0.287. The monoisotopic (exact) mass is 335 g/mol. The highest BCUT2D eigenvalue weighted by Gasteiger charge is 2.15. The first kappa shape index (κ1) is 16.2. The molecular formula is C21H25N3O. The van der Waals surface area contributed by atoms with Gasteiger partial charge in [-0.05, 0) is 63.2 Å². The molecule has 3 aromatic rings. The predicted molar refractivity (Wildman–Crippen MR) is 102 cm³/mol. The number of aryl methyl sites for hydroxylation is 1. The molecule has 4 nitrogen and oxygen atoms in total. The van der Waals surface area contributed by atoms with Gasteiger partial charge in [0.15, 0.2) is 0 Å². The minimum absolute atomic E-state index is 0.287. The largest absolute Gasteiger partial charge is 0.507 e. The molecule has 130 valence electrons. The summed E-state index contributed by atoms with van der Waals surface area (Å²) >= 11 is 0. The average molecular weight is 335 g/mol. The molecule has 0 amide bonds. The van der Waals surface area contributed by atoms with E-state index >= 15 is 0 Å². The molecule has 1 aliphatic heterocycles. The zero-order valence-corrected chi connectivity index (χ0v) is 14.6. The van der Waals surface area contributed by atoms with E-state index in [0.29, 0.717) is 0 Å². The number of imidazole rings is 1. The van der Waals surface area contributed by atoms with Crippen molar-refractivity contribution in [3.8, 4) is 17.1 Å². The molecule has 4 heteroatoms. The van der Waals surface area contributed by atoms with E-state index in [1.807, 2.05) is 30.3 Å². The van der Waals surface area contributed by atoms with Crippen molar-refractivity contribution in [2.45, 2.75) is 32.2 Å². The molecular weight excluding hydrogens is 310 g/mol. The highest BCUT2D eigenvalue weighted by Crippen LogP contribution is 2.31. The lowest BCUT2D eigenvalue weighted by Gasteiger charge is -2.26. The van der Waals surface area contributed by atoms with Crippen molar-refractivity contribution in [1.29, 1.82) is 0 Å². The Balaban J connectivity index is 1.62. The summed E-state index contributed by atoms with van der Waals surface area (Å²) in [6.07, 6.45) is 5.13. The Bertz CT molecular complexity index is 849. The van der Waals surface area contributed by atoms with Crippen LogP contribution in [0.5, 0.6) is 5.75 Å². The van der Waals surface area contributed by atoms with Gasteiger partial charge in [0.25, 0.3) is 0 Å². The SMILES string of the molecule is Oc1ccccc1-c1nc2ccccc2n1CCCN1CCCCC1. The first-order valence-corrected chi connectivity index (χ1v) is 9.29. The van der Waals surface area contributed by atoms with Crippen LogP contribution >= 0.6 is 0 Å². The lowest BCUT2D eigenvalue weighted by Crippen LogP contribution is -2.31. The summed E-state index contributed by atoms with van der Waals surface area (Å²) in [6, 6.07) is 15.7. The summed E-state index contributed by atoms with van der Waals surface area (Å²) < 4.78 is 2.26. The molecule has 0 unspecified atom stereocenters. The number of benzene rings is 2. The van der Waals surface area contributed by atoms with Crippen LogP contribution in [0.4, 0.5) is 0 Å².